The molecule has 1 aromatic rings. The summed E-state index contributed by atoms with van der Waals surface area (Å²) < 4.78 is 4.89. The third kappa shape index (κ3) is 7.85. The van der Waals surface area contributed by atoms with E-state index in [0.29, 0.717) is 6.61 Å². The van der Waals surface area contributed by atoms with Crippen LogP contribution in [0.2, 0.25) is 0 Å². The molecule has 0 unspecified atom stereocenters. The van der Waals surface area contributed by atoms with Crippen LogP contribution >= 0.6 is 0 Å². The molecule has 1 saturated heterocycles. The van der Waals surface area contributed by atoms with Gasteiger partial charge in [-0.1, -0.05) is 36.4 Å². The molecule has 0 atom stereocenters. The van der Waals surface area contributed by atoms with Crippen molar-refractivity contribution in [1.29, 1.82) is 0 Å². The number of benzene rings is 1. The minimum Gasteiger partial charge on any atom is -0.466 e. The van der Waals surface area contributed by atoms with Crippen LogP contribution in [0, 0.1) is 5.92 Å². The molecule has 0 spiro atoms. The topological polar surface area (TPSA) is 38.3 Å². The summed E-state index contributed by atoms with van der Waals surface area (Å²) in [5.41, 5.74) is 0. The lowest BCUT2D eigenvalue weighted by molar-refractivity contribution is -0.141. The number of piperidine rings is 1. The van der Waals surface area contributed by atoms with Gasteiger partial charge in [-0.05, 0) is 38.3 Å². The van der Waals surface area contributed by atoms with E-state index in [1.807, 2.05) is 36.4 Å². The van der Waals surface area contributed by atoms with Gasteiger partial charge in [0.2, 0.25) is 0 Å². The predicted molar refractivity (Wildman–Crippen MR) is 73.3 cm³/mol. The highest BCUT2D eigenvalue weighted by Gasteiger charge is 2.12. The number of carbonyl (C=O) groups excluding carboxylic acids is 1. The second-order valence-electron chi connectivity index (χ2n) is 4.48. The second kappa shape index (κ2) is 9.66. The Hall–Kier alpha value is -1.35. The fourth-order valence-corrected chi connectivity index (χ4v) is 1.92. The molecule has 1 heterocycles. The maximum atomic E-state index is 10.5. The van der Waals surface area contributed by atoms with Crippen LogP contribution in [0.4, 0.5) is 0 Å². The first kappa shape index (κ1) is 14.7. The molecule has 1 aliphatic heterocycles. The highest BCUT2D eigenvalue weighted by atomic mass is 16.5. The molecule has 1 fully saturated rings. The van der Waals surface area contributed by atoms with Crippen LogP contribution in [0.15, 0.2) is 36.4 Å². The van der Waals surface area contributed by atoms with E-state index in [4.69, 9.17) is 4.74 Å². The second-order valence-corrected chi connectivity index (χ2v) is 4.48. The van der Waals surface area contributed by atoms with Gasteiger partial charge < -0.3 is 10.1 Å². The zero-order valence-electron chi connectivity index (χ0n) is 11.1. The van der Waals surface area contributed by atoms with Gasteiger partial charge in [-0.2, -0.15) is 0 Å². The standard InChI is InChI=1S/C9H17NO2.C6H6/c1-8(11)12-7-4-9-2-5-10-6-3-9;1-2-4-6-5-3-1/h9-10H,2-7H2,1H3;1-6H. The monoisotopic (exact) mass is 249 g/mol. The molecule has 3 heteroatoms. The predicted octanol–water partition coefficient (Wildman–Crippen LogP) is 2.63. The van der Waals surface area contributed by atoms with E-state index < -0.39 is 0 Å². The van der Waals surface area contributed by atoms with Crippen molar-refractivity contribution >= 4 is 5.97 Å². The van der Waals surface area contributed by atoms with Crippen molar-refractivity contribution in [2.45, 2.75) is 26.2 Å². The van der Waals surface area contributed by atoms with Crippen LogP contribution < -0.4 is 5.32 Å². The van der Waals surface area contributed by atoms with Gasteiger partial charge in [-0.15, -0.1) is 0 Å². The summed E-state index contributed by atoms with van der Waals surface area (Å²) in [4.78, 5) is 10.5. The van der Waals surface area contributed by atoms with E-state index in [9.17, 15) is 4.79 Å². The van der Waals surface area contributed by atoms with Crippen molar-refractivity contribution in [1.82, 2.24) is 5.32 Å². The summed E-state index contributed by atoms with van der Waals surface area (Å²) in [5, 5.41) is 3.31. The zero-order chi connectivity index (χ0) is 13.1. The van der Waals surface area contributed by atoms with Crippen molar-refractivity contribution in [3.8, 4) is 0 Å². The molecule has 100 valence electrons. The third-order valence-corrected chi connectivity index (χ3v) is 2.96. The van der Waals surface area contributed by atoms with Crippen molar-refractivity contribution in [3.05, 3.63) is 36.4 Å². The summed E-state index contributed by atoms with van der Waals surface area (Å²) in [5.74, 6) is 0.592. The summed E-state index contributed by atoms with van der Waals surface area (Å²) in [6, 6.07) is 12.0. The van der Waals surface area contributed by atoms with Gasteiger partial charge in [0, 0.05) is 6.92 Å². The summed E-state index contributed by atoms with van der Waals surface area (Å²) in [6.45, 7) is 4.29. The van der Waals surface area contributed by atoms with Crippen LogP contribution in [-0.4, -0.2) is 25.7 Å². The lowest BCUT2D eigenvalue weighted by Crippen LogP contribution is -2.28. The quantitative estimate of drug-likeness (QED) is 0.837. The Labute approximate surface area is 110 Å². The molecule has 0 saturated carbocycles. The Kier molecular flexibility index (Phi) is 7.89. The molecule has 0 radical (unpaired) electrons. The number of hydrogen-bond donors (Lipinski definition) is 1. The van der Waals surface area contributed by atoms with Crippen molar-refractivity contribution in [2.24, 2.45) is 5.92 Å². The Morgan fingerprint density at radius 1 is 1.11 bits per heavy atom. The summed E-state index contributed by atoms with van der Waals surface area (Å²) >= 11 is 0. The van der Waals surface area contributed by atoms with E-state index in [1.54, 1.807) is 0 Å². The first-order valence-corrected chi connectivity index (χ1v) is 6.63. The largest absolute Gasteiger partial charge is 0.466 e. The van der Waals surface area contributed by atoms with Gasteiger partial charge >= 0.3 is 5.97 Å². The third-order valence-electron chi connectivity index (χ3n) is 2.96. The van der Waals surface area contributed by atoms with Gasteiger partial charge in [0.1, 0.15) is 0 Å². The van der Waals surface area contributed by atoms with Crippen molar-refractivity contribution in [3.63, 3.8) is 0 Å². The molecule has 0 amide bonds. The van der Waals surface area contributed by atoms with Gasteiger partial charge in [-0.3, -0.25) is 4.79 Å². The Bertz CT molecular complexity index is 281. The van der Waals surface area contributed by atoms with Crippen molar-refractivity contribution in [2.75, 3.05) is 19.7 Å². The molecule has 0 aliphatic carbocycles. The molecule has 1 aliphatic rings. The molecule has 0 bridgehead atoms. The van der Waals surface area contributed by atoms with E-state index in [0.717, 1.165) is 25.4 Å². The van der Waals surface area contributed by atoms with E-state index >= 15 is 0 Å². The van der Waals surface area contributed by atoms with Crippen LogP contribution in [0.25, 0.3) is 0 Å². The fraction of sp³-hybridized carbons (Fsp3) is 0.533. The normalized spacial score (nSPS) is 15.4. The van der Waals surface area contributed by atoms with Gasteiger partial charge in [0.25, 0.3) is 0 Å². The van der Waals surface area contributed by atoms with Gasteiger partial charge in [0.05, 0.1) is 6.61 Å². The maximum absolute atomic E-state index is 10.5. The number of carbonyl (C=O) groups is 1. The first-order chi connectivity index (χ1) is 8.79. The van der Waals surface area contributed by atoms with Crippen LogP contribution in [0.5, 0.6) is 0 Å². The number of nitrogens with one attached hydrogen (secondary N) is 1. The number of rotatable bonds is 3. The molecular weight excluding hydrogens is 226 g/mol. The molecule has 1 aromatic carbocycles. The first-order valence-electron chi connectivity index (χ1n) is 6.63. The van der Waals surface area contributed by atoms with E-state index in [-0.39, 0.29) is 5.97 Å². The molecule has 18 heavy (non-hydrogen) atoms. The minimum absolute atomic E-state index is 0.163. The lowest BCUT2D eigenvalue weighted by Gasteiger charge is -2.21. The highest BCUT2D eigenvalue weighted by molar-refractivity contribution is 5.65. The molecule has 0 aromatic heterocycles. The lowest BCUT2D eigenvalue weighted by atomic mass is 9.95. The van der Waals surface area contributed by atoms with Gasteiger partial charge in [0.15, 0.2) is 0 Å². The Morgan fingerprint density at radius 2 is 1.61 bits per heavy atom. The molecular formula is C15H23NO2. The average Bonchev–Trinajstić information content (AvgIpc) is 2.42. The smallest absolute Gasteiger partial charge is 0.302 e. The number of hydrogen-bond acceptors (Lipinski definition) is 3. The molecule has 2 rings (SSSR count). The van der Waals surface area contributed by atoms with Crippen LogP contribution in [-0.2, 0) is 9.53 Å². The van der Waals surface area contributed by atoms with Crippen LogP contribution in [0.3, 0.4) is 0 Å². The zero-order valence-corrected chi connectivity index (χ0v) is 11.1. The fourth-order valence-electron chi connectivity index (χ4n) is 1.92. The number of esters is 1. The van der Waals surface area contributed by atoms with Gasteiger partial charge in [-0.25, -0.2) is 0 Å². The highest BCUT2D eigenvalue weighted by Crippen LogP contribution is 2.15. The van der Waals surface area contributed by atoms with E-state index in [1.165, 1.54) is 19.8 Å². The summed E-state index contributed by atoms with van der Waals surface area (Å²) in [6.07, 6.45) is 3.48. The molecule has 1 N–H and O–H groups in total. The minimum atomic E-state index is -0.163. The van der Waals surface area contributed by atoms with E-state index in [2.05, 4.69) is 5.32 Å². The molecule has 3 nitrogen and oxygen atoms in total. The Balaban J connectivity index is 0.000000225. The average molecular weight is 249 g/mol. The SMILES string of the molecule is CC(=O)OCCC1CCNCC1.c1ccccc1. The van der Waals surface area contributed by atoms with Crippen LogP contribution in [0.1, 0.15) is 26.2 Å². The van der Waals surface area contributed by atoms with Crippen molar-refractivity contribution < 1.29 is 9.53 Å². The number of ether oxygens (including phenoxy) is 1. The maximum Gasteiger partial charge on any atom is 0.302 e. The Morgan fingerprint density at radius 3 is 2.06 bits per heavy atom. The summed E-state index contributed by atoms with van der Waals surface area (Å²) in [7, 11) is 0.